The zero-order chi connectivity index (χ0) is 5.54. The van der Waals surface area contributed by atoms with Crippen LogP contribution in [-0.2, 0) is 4.10 Å². The van der Waals surface area contributed by atoms with Gasteiger partial charge in [-0.2, -0.15) is 0 Å². The number of rotatable bonds is 3. The third-order valence-corrected chi connectivity index (χ3v) is 0.907. The van der Waals surface area contributed by atoms with Crippen molar-refractivity contribution in [1.82, 2.24) is 0 Å². The van der Waals surface area contributed by atoms with Crippen LogP contribution in [0.2, 0.25) is 0 Å². The van der Waals surface area contributed by atoms with E-state index in [1.807, 2.05) is 6.92 Å². The van der Waals surface area contributed by atoms with Gasteiger partial charge in [-0.25, -0.2) is 0 Å². The predicted molar refractivity (Wildman–Crippen MR) is 39.7 cm³/mol. The van der Waals surface area contributed by atoms with Gasteiger partial charge >= 0.3 is 54.4 Å². The molecule has 0 atom stereocenters. The number of hydrogen-bond donors (Lipinski definition) is 1. The van der Waals surface area contributed by atoms with Crippen LogP contribution in [0.5, 0.6) is 0 Å². The van der Waals surface area contributed by atoms with E-state index >= 15 is 0 Å². The average Bonchev–Trinajstić information content (AvgIpc) is 1.69. The summed E-state index contributed by atoms with van der Waals surface area (Å²) in [6, 6.07) is 0. The summed E-state index contributed by atoms with van der Waals surface area (Å²) in [4.78, 5) is 0. The van der Waals surface area contributed by atoms with E-state index in [4.69, 9.17) is 4.10 Å². The van der Waals surface area contributed by atoms with E-state index in [-0.39, 0.29) is 0 Å². The molecule has 0 N–H and O–H groups in total. The summed E-state index contributed by atoms with van der Waals surface area (Å²) in [6.45, 7) is 2.02. The van der Waals surface area contributed by atoms with Crippen molar-refractivity contribution >= 4 is 37.6 Å². The van der Waals surface area contributed by atoms with Crippen molar-refractivity contribution in [2.24, 2.45) is 0 Å². The van der Waals surface area contributed by atoms with E-state index in [1.165, 1.54) is 19.0 Å². The van der Waals surface area contributed by atoms with Gasteiger partial charge in [-0.15, -0.1) is 0 Å². The first-order chi connectivity index (χ1) is 3.41. The molecule has 0 aromatic heterocycles. The topological polar surface area (TPSA) is 9.23 Å². The Kier molecular flexibility index (Phi) is 7.23. The van der Waals surface area contributed by atoms with Crippen molar-refractivity contribution in [1.29, 1.82) is 0 Å². The summed E-state index contributed by atoms with van der Waals surface area (Å²) < 4.78 is 4.79. The summed E-state index contributed by atoms with van der Waals surface area (Å²) in [6.07, 6.45) is 1.56. The third-order valence-electron chi connectivity index (χ3n) is 0.302. The SMILES string of the molecule is CCSOB=BS. The molecule has 0 aliphatic heterocycles. The Morgan fingerprint density at radius 1 is 1.86 bits per heavy atom. The molecule has 0 bridgehead atoms. The Labute approximate surface area is 54.9 Å². The first-order valence-electron chi connectivity index (χ1n) is 1.99. The maximum absolute atomic E-state index is 4.79. The summed E-state index contributed by atoms with van der Waals surface area (Å²) in [5, 5.41) is 0. The summed E-state index contributed by atoms with van der Waals surface area (Å²) in [7, 11) is 1.54. The van der Waals surface area contributed by atoms with Crippen LogP contribution in [0.3, 0.4) is 0 Å². The molecular weight excluding hydrogens is 126 g/mol. The van der Waals surface area contributed by atoms with E-state index in [9.17, 15) is 0 Å². The Morgan fingerprint density at radius 3 is 3.00 bits per heavy atom. The predicted octanol–water partition coefficient (Wildman–Crippen LogP) is 0.754. The fourth-order valence-electron chi connectivity index (χ4n) is 0.132. The fraction of sp³-hybridized carbons (Fsp3) is 1.00. The summed E-state index contributed by atoms with van der Waals surface area (Å²) in [5.74, 6) is 0.970. The number of thiol groups is 1. The molecule has 0 saturated heterocycles. The molecule has 0 unspecified atom stereocenters. The third kappa shape index (κ3) is 6.63. The zero-order valence-corrected chi connectivity index (χ0v) is 5.84. The van der Waals surface area contributed by atoms with Crippen LogP contribution < -0.4 is 0 Å². The van der Waals surface area contributed by atoms with Crippen molar-refractivity contribution in [2.75, 3.05) is 5.75 Å². The van der Waals surface area contributed by atoms with Crippen LogP contribution in [-0.4, -0.2) is 18.8 Å². The molecule has 0 spiro atoms. The standard InChI is InChI=1S/C2H6B2OS2/c1-2-7-5-3-4-6/h6H,2H2,1H3. The maximum atomic E-state index is 4.79. The quantitative estimate of drug-likeness (QED) is 0.262. The Bertz CT molecular complexity index is 57.7. The molecule has 0 rings (SSSR count). The monoisotopic (exact) mass is 132 g/mol. The van der Waals surface area contributed by atoms with Crippen LogP contribution in [0, 0.1) is 0 Å². The van der Waals surface area contributed by atoms with Crippen molar-refractivity contribution in [2.45, 2.75) is 6.92 Å². The van der Waals surface area contributed by atoms with Crippen LogP contribution in [0.1, 0.15) is 6.92 Å². The van der Waals surface area contributed by atoms with Gasteiger partial charge in [0.25, 0.3) is 0 Å². The number of hydrogen-bond acceptors (Lipinski definition) is 3. The van der Waals surface area contributed by atoms with Crippen molar-refractivity contribution in [3.05, 3.63) is 0 Å². The molecule has 0 aliphatic rings. The van der Waals surface area contributed by atoms with Crippen LogP contribution in [0.4, 0.5) is 0 Å². The first-order valence-corrected chi connectivity index (χ1v) is 3.42. The van der Waals surface area contributed by atoms with Crippen LogP contribution in [0.25, 0.3) is 0 Å². The van der Waals surface area contributed by atoms with Gasteiger partial charge in [0, 0.05) is 0 Å². The molecule has 0 saturated carbocycles. The van der Waals surface area contributed by atoms with Gasteiger partial charge in [0.15, 0.2) is 0 Å². The molecule has 1 nitrogen and oxygen atoms in total. The molecule has 0 aromatic carbocycles. The average molecular weight is 132 g/mol. The van der Waals surface area contributed by atoms with E-state index in [2.05, 4.69) is 12.5 Å². The molecule has 0 aliphatic carbocycles. The minimum absolute atomic E-state index is 0.970. The fourth-order valence-corrected chi connectivity index (χ4v) is 0.546. The van der Waals surface area contributed by atoms with Crippen LogP contribution >= 0.6 is 24.5 Å². The van der Waals surface area contributed by atoms with E-state index in [0.29, 0.717) is 0 Å². The molecule has 0 heterocycles. The van der Waals surface area contributed by atoms with Gasteiger partial charge < -0.3 is 0 Å². The van der Waals surface area contributed by atoms with Gasteiger partial charge in [-0.3, -0.25) is 0 Å². The molecular formula is C2H6B2OS2. The summed E-state index contributed by atoms with van der Waals surface area (Å²) >= 11 is 5.17. The first kappa shape index (κ1) is 7.63. The van der Waals surface area contributed by atoms with Crippen molar-refractivity contribution in [3.63, 3.8) is 0 Å². The van der Waals surface area contributed by atoms with Crippen LogP contribution in [0.15, 0.2) is 0 Å². The molecule has 0 amide bonds. The normalized spacial score (nSPS) is 7.71. The second-order valence-electron chi connectivity index (χ2n) is 0.788. The molecule has 0 fully saturated rings. The molecule has 38 valence electrons. The Balaban J connectivity index is 2.69. The molecule has 0 radical (unpaired) electrons. The zero-order valence-electron chi connectivity index (χ0n) is 4.13. The summed E-state index contributed by atoms with van der Waals surface area (Å²) in [5.41, 5.74) is 0. The van der Waals surface area contributed by atoms with Gasteiger partial charge in [0.1, 0.15) is 0 Å². The second kappa shape index (κ2) is 6.63. The van der Waals surface area contributed by atoms with E-state index < -0.39 is 0 Å². The van der Waals surface area contributed by atoms with Gasteiger partial charge in [-0.05, 0) is 0 Å². The Hall–Kier alpha value is 0.630. The van der Waals surface area contributed by atoms with Gasteiger partial charge in [-0.1, -0.05) is 0 Å². The van der Waals surface area contributed by atoms with Crippen molar-refractivity contribution in [3.8, 4) is 0 Å². The molecule has 5 heteroatoms. The van der Waals surface area contributed by atoms with Gasteiger partial charge in [0.05, 0.1) is 0 Å². The van der Waals surface area contributed by atoms with Gasteiger partial charge in [0.2, 0.25) is 0 Å². The van der Waals surface area contributed by atoms with E-state index in [0.717, 1.165) is 5.75 Å². The van der Waals surface area contributed by atoms with E-state index in [1.54, 1.807) is 6.08 Å². The van der Waals surface area contributed by atoms with Crippen molar-refractivity contribution < 1.29 is 4.10 Å². The molecule has 0 aromatic rings. The Morgan fingerprint density at radius 2 is 2.57 bits per heavy atom. The second-order valence-corrected chi connectivity index (χ2v) is 2.09. The minimum atomic E-state index is 0.970. The molecule has 7 heavy (non-hydrogen) atoms.